The summed E-state index contributed by atoms with van der Waals surface area (Å²) < 4.78 is 0. The van der Waals surface area contributed by atoms with E-state index in [4.69, 9.17) is 35.4 Å². The number of halogens is 2. The summed E-state index contributed by atoms with van der Waals surface area (Å²) in [5.41, 5.74) is 2.76. The van der Waals surface area contributed by atoms with E-state index in [2.05, 4.69) is 16.0 Å². The Hall–Kier alpha value is -2.93. The summed E-state index contributed by atoms with van der Waals surface area (Å²) in [7, 11) is 0. The minimum absolute atomic E-state index is 0.0625. The van der Waals surface area contributed by atoms with E-state index in [1.807, 2.05) is 30.3 Å². The first-order chi connectivity index (χ1) is 14.9. The van der Waals surface area contributed by atoms with Crippen molar-refractivity contribution in [2.75, 3.05) is 10.6 Å². The third-order valence-electron chi connectivity index (χ3n) is 4.26. The lowest BCUT2D eigenvalue weighted by molar-refractivity contribution is -0.116. The second kappa shape index (κ2) is 10.9. The van der Waals surface area contributed by atoms with Crippen molar-refractivity contribution in [1.29, 1.82) is 0 Å². The molecular weight excluding hydrogens is 453 g/mol. The van der Waals surface area contributed by atoms with Crippen molar-refractivity contribution in [3.8, 4) is 0 Å². The smallest absolute Gasteiger partial charge is 0.257 e. The molecule has 8 heteroatoms. The zero-order valence-electron chi connectivity index (χ0n) is 16.3. The normalized spacial score (nSPS) is 10.3. The quantitative estimate of drug-likeness (QED) is 0.403. The summed E-state index contributed by atoms with van der Waals surface area (Å²) in [4.78, 5) is 24.4. The zero-order chi connectivity index (χ0) is 22.2. The van der Waals surface area contributed by atoms with E-state index >= 15 is 0 Å². The molecule has 5 nitrogen and oxygen atoms in total. The molecule has 0 spiro atoms. The molecule has 0 unspecified atom stereocenters. The van der Waals surface area contributed by atoms with Crippen LogP contribution < -0.4 is 16.0 Å². The van der Waals surface area contributed by atoms with Crippen molar-refractivity contribution >= 4 is 63.7 Å². The third kappa shape index (κ3) is 7.36. The van der Waals surface area contributed by atoms with E-state index in [0.717, 1.165) is 5.56 Å². The van der Waals surface area contributed by atoms with Crippen LogP contribution in [0.1, 0.15) is 22.3 Å². The number of carbonyl (C=O) groups excluding carboxylic acids is 2. The first-order valence-electron chi connectivity index (χ1n) is 9.41. The highest BCUT2D eigenvalue weighted by Crippen LogP contribution is 2.19. The summed E-state index contributed by atoms with van der Waals surface area (Å²) in [5, 5.41) is 9.20. The topological polar surface area (TPSA) is 70.2 Å². The molecule has 0 bridgehead atoms. The van der Waals surface area contributed by atoms with Crippen LogP contribution in [0.25, 0.3) is 0 Å². The number of hydrogen-bond donors (Lipinski definition) is 3. The van der Waals surface area contributed by atoms with E-state index < -0.39 is 5.91 Å². The van der Waals surface area contributed by atoms with Crippen LogP contribution in [0, 0.1) is 0 Å². The van der Waals surface area contributed by atoms with E-state index in [-0.39, 0.29) is 11.0 Å². The van der Waals surface area contributed by atoms with Gasteiger partial charge in [0.05, 0.1) is 0 Å². The summed E-state index contributed by atoms with van der Waals surface area (Å²) in [6.45, 7) is 0. The van der Waals surface area contributed by atoms with Crippen LogP contribution in [0.2, 0.25) is 10.0 Å². The summed E-state index contributed by atoms with van der Waals surface area (Å²) in [5.74, 6) is -0.489. The van der Waals surface area contributed by atoms with E-state index in [9.17, 15) is 9.59 Å². The molecule has 0 saturated carbocycles. The molecule has 3 rings (SSSR count). The van der Waals surface area contributed by atoms with Crippen LogP contribution in [0.15, 0.2) is 72.8 Å². The first-order valence-corrected chi connectivity index (χ1v) is 10.6. The average molecular weight is 472 g/mol. The standard InChI is InChI=1S/C23H19Cl2N3O2S/c24-17-12-16(13-18(25)14-17)22(30)28-23(31)27-20-9-7-19(8-10-20)26-21(29)11-6-15-4-2-1-3-5-15/h1-5,7-10,12-14H,6,11H2,(H,26,29)(H2,27,28,30,31). The van der Waals surface area contributed by atoms with Crippen molar-refractivity contribution in [3.05, 3.63) is 94.0 Å². The molecule has 0 heterocycles. The molecule has 3 aromatic carbocycles. The van der Waals surface area contributed by atoms with Crippen molar-refractivity contribution in [2.45, 2.75) is 12.8 Å². The van der Waals surface area contributed by atoms with Gasteiger partial charge in [-0.15, -0.1) is 0 Å². The molecule has 158 valence electrons. The fraction of sp³-hybridized carbons (Fsp3) is 0.0870. The number of rotatable bonds is 6. The van der Waals surface area contributed by atoms with E-state index in [1.54, 1.807) is 30.3 Å². The Morgan fingerprint density at radius 1 is 0.806 bits per heavy atom. The molecule has 0 fully saturated rings. The van der Waals surface area contributed by atoms with Gasteiger partial charge in [-0.05, 0) is 66.7 Å². The Kier molecular flexibility index (Phi) is 8.00. The number of thiocarbonyl (C=S) groups is 1. The van der Waals surface area contributed by atoms with Crippen molar-refractivity contribution in [2.24, 2.45) is 0 Å². The predicted octanol–water partition coefficient (Wildman–Crippen LogP) is 5.69. The molecule has 0 radical (unpaired) electrons. The lowest BCUT2D eigenvalue weighted by atomic mass is 10.1. The Bertz CT molecular complexity index is 1070. The van der Waals surface area contributed by atoms with Gasteiger partial charge in [0.1, 0.15) is 0 Å². The number of carbonyl (C=O) groups is 2. The van der Waals surface area contributed by atoms with Gasteiger partial charge in [0.25, 0.3) is 5.91 Å². The number of amides is 2. The van der Waals surface area contributed by atoms with Gasteiger partial charge >= 0.3 is 0 Å². The van der Waals surface area contributed by atoms with Crippen molar-refractivity contribution in [3.63, 3.8) is 0 Å². The first kappa shape index (κ1) is 22.7. The molecule has 0 saturated heterocycles. The Balaban J connectivity index is 1.48. The largest absolute Gasteiger partial charge is 0.332 e. The molecule has 2 amide bonds. The molecule has 31 heavy (non-hydrogen) atoms. The Labute approximate surface area is 195 Å². The highest BCUT2D eigenvalue weighted by atomic mass is 35.5. The summed E-state index contributed by atoms with van der Waals surface area (Å²) in [6.07, 6.45) is 1.08. The molecular formula is C23H19Cl2N3O2S. The second-order valence-corrected chi connectivity index (χ2v) is 7.96. The predicted molar refractivity (Wildman–Crippen MR) is 130 cm³/mol. The number of hydrogen-bond acceptors (Lipinski definition) is 3. The lowest BCUT2D eigenvalue weighted by Crippen LogP contribution is -2.34. The molecule has 0 aliphatic rings. The second-order valence-electron chi connectivity index (χ2n) is 6.68. The highest BCUT2D eigenvalue weighted by molar-refractivity contribution is 7.80. The van der Waals surface area contributed by atoms with Crippen LogP contribution in [0.3, 0.4) is 0 Å². The van der Waals surface area contributed by atoms with Crippen LogP contribution in [-0.4, -0.2) is 16.9 Å². The number of anilines is 2. The number of aryl methyl sites for hydroxylation is 1. The van der Waals surface area contributed by atoms with E-state index in [0.29, 0.717) is 39.8 Å². The van der Waals surface area contributed by atoms with Gasteiger partial charge in [-0.25, -0.2) is 0 Å². The van der Waals surface area contributed by atoms with Crippen LogP contribution in [-0.2, 0) is 11.2 Å². The highest BCUT2D eigenvalue weighted by Gasteiger charge is 2.10. The third-order valence-corrected chi connectivity index (χ3v) is 4.90. The minimum atomic E-state index is -0.427. The molecule has 3 N–H and O–H groups in total. The molecule has 0 aliphatic heterocycles. The molecule has 0 atom stereocenters. The van der Waals surface area contributed by atoms with Crippen LogP contribution in [0.5, 0.6) is 0 Å². The number of benzene rings is 3. The van der Waals surface area contributed by atoms with Gasteiger partial charge in [-0.3, -0.25) is 14.9 Å². The van der Waals surface area contributed by atoms with Gasteiger partial charge in [0, 0.05) is 33.4 Å². The lowest BCUT2D eigenvalue weighted by Gasteiger charge is -2.11. The summed E-state index contributed by atoms with van der Waals surface area (Å²) >= 11 is 17.0. The van der Waals surface area contributed by atoms with Crippen molar-refractivity contribution in [1.82, 2.24) is 5.32 Å². The maximum atomic E-state index is 12.3. The maximum absolute atomic E-state index is 12.3. The van der Waals surface area contributed by atoms with Gasteiger partial charge in [0.15, 0.2) is 5.11 Å². The van der Waals surface area contributed by atoms with Gasteiger partial charge in [0.2, 0.25) is 5.91 Å². The van der Waals surface area contributed by atoms with Crippen molar-refractivity contribution < 1.29 is 9.59 Å². The zero-order valence-corrected chi connectivity index (χ0v) is 18.7. The van der Waals surface area contributed by atoms with Gasteiger partial charge in [-0.1, -0.05) is 53.5 Å². The molecule has 0 aliphatic carbocycles. The number of nitrogens with one attached hydrogen (secondary N) is 3. The summed E-state index contributed by atoms with van der Waals surface area (Å²) in [6, 6.07) is 21.4. The molecule has 3 aromatic rings. The fourth-order valence-corrected chi connectivity index (χ4v) is 3.52. The maximum Gasteiger partial charge on any atom is 0.257 e. The SMILES string of the molecule is O=C(CCc1ccccc1)Nc1ccc(NC(=S)NC(=O)c2cc(Cl)cc(Cl)c2)cc1. The Morgan fingerprint density at radius 3 is 2.00 bits per heavy atom. The monoisotopic (exact) mass is 471 g/mol. The molecule has 0 aromatic heterocycles. The van der Waals surface area contributed by atoms with E-state index in [1.165, 1.54) is 12.1 Å². The average Bonchev–Trinajstić information content (AvgIpc) is 2.73. The van der Waals surface area contributed by atoms with Gasteiger partial charge in [-0.2, -0.15) is 0 Å². The minimum Gasteiger partial charge on any atom is -0.332 e. The fourth-order valence-electron chi connectivity index (χ4n) is 2.79. The van der Waals surface area contributed by atoms with Gasteiger partial charge < -0.3 is 10.6 Å². The van der Waals surface area contributed by atoms with Crippen LogP contribution >= 0.6 is 35.4 Å². The van der Waals surface area contributed by atoms with Crippen LogP contribution in [0.4, 0.5) is 11.4 Å². The Morgan fingerprint density at radius 2 is 1.39 bits per heavy atom.